The van der Waals surface area contributed by atoms with Crippen LogP contribution in [0.25, 0.3) is 15.7 Å². The van der Waals surface area contributed by atoms with E-state index in [2.05, 4.69) is 4.85 Å². The highest BCUT2D eigenvalue weighted by Crippen LogP contribution is 2.22. The molecule has 6 heteroatoms. The fourth-order valence-corrected chi connectivity index (χ4v) is 4.14. The molecule has 0 radical (unpaired) electrons. The zero-order chi connectivity index (χ0) is 18.0. The number of nitrogens with zero attached hydrogens (tertiary/aromatic N) is 2. The second kappa shape index (κ2) is 6.54. The van der Waals surface area contributed by atoms with E-state index in [-0.39, 0.29) is 16.2 Å². The summed E-state index contributed by atoms with van der Waals surface area (Å²) < 4.78 is 26.8. The largest absolute Gasteiger partial charge is 0.309 e. The molecule has 0 N–H and O–H groups in total. The van der Waals surface area contributed by atoms with Crippen molar-refractivity contribution >= 4 is 26.4 Å². The normalized spacial score (nSPS) is 11.4. The molecule has 1 heterocycles. The maximum Gasteiger partial charge on any atom is 0.250 e. The Morgan fingerprint density at radius 1 is 1.04 bits per heavy atom. The van der Waals surface area contributed by atoms with Gasteiger partial charge in [0.2, 0.25) is 0 Å². The van der Waals surface area contributed by atoms with Crippen LogP contribution in [0.3, 0.4) is 0 Å². The number of hydrogen-bond donors (Lipinski definition) is 0. The van der Waals surface area contributed by atoms with Gasteiger partial charge in [0.15, 0.2) is 15.5 Å². The van der Waals surface area contributed by atoms with Gasteiger partial charge in [0.05, 0.1) is 22.7 Å². The zero-order valence-electron chi connectivity index (χ0n) is 13.6. The Morgan fingerprint density at radius 2 is 1.76 bits per heavy atom. The molecular weight excluding hydrogens is 336 g/mol. The summed E-state index contributed by atoms with van der Waals surface area (Å²) in [5.41, 5.74) is 1.78. The van der Waals surface area contributed by atoms with Gasteiger partial charge in [0, 0.05) is 12.6 Å². The molecule has 0 spiro atoms. The first-order valence-corrected chi connectivity index (χ1v) is 9.42. The fraction of sp³-hybridized carbons (Fsp3) is 0.158. The van der Waals surface area contributed by atoms with Gasteiger partial charge in [-0.15, -0.1) is 0 Å². The van der Waals surface area contributed by atoms with Crippen LogP contribution in [0.2, 0.25) is 0 Å². The smallest absolute Gasteiger partial charge is 0.250 e. The van der Waals surface area contributed by atoms with E-state index in [0.29, 0.717) is 17.8 Å². The van der Waals surface area contributed by atoms with E-state index in [1.807, 2.05) is 6.92 Å². The summed E-state index contributed by atoms with van der Waals surface area (Å²) in [6.07, 6.45) is 0. The molecule has 0 unspecified atom stereocenters. The highest BCUT2D eigenvalue weighted by atomic mass is 32.2. The Morgan fingerprint density at radius 3 is 2.40 bits per heavy atom. The third-order valence-corrected chi connectivity index (χ3v) is 5.76. The molecule has 0 saturated carbocycles. The van der Waals surface area contributed by atoms with Crippen LogP contribution in [-0.4, -0.2) is 13.0 Å². The molecule has 0 aliphatic rings. The number of benzene rings is 2. The van der Waals surface area contributed by atoms with Crippen molar-refractivity contribution < 1.29 is 8.42 Å². The average Bonchev–Trinajstić information content (AvgIpc) is 2.61. The minimum atomic E-state index is -3.50. The molecule has 25 heavy (non-hydrogen) atoms. The molecule has 0 bridgehead atoms. The van der Waals surface area contributed by atoms with Crippen LogP contribution in [0.1, 0.15) is 12.5 Å². The second-order valence-corrected chi connectivity index (χ2v) is 7.66. The Labute approximate surface area is 145 Å². The van der Waals surface area contributed by atoms with Crippen molar-refractivity contribution in [1.82, 2.24) is 4.57 Å². The molecule has 0 aliphatic heterocycles. The highest BCUT2D eigenvalue weighted by molar-refractivity contribution is 7.90. The number of aromatic nitrogens is 1. The van der Waals surface area contributed by atoms with Gasteiger partial charge in [-0.3, -0.25) is 4.79 Å². The van der Waals surface area contributed by atoms with Gasteiger partial charge >= 0.3 is 0 Å². The first-order valence-electron chi connectivity index (χ1n) is 7.77. The third kappa shape index (κ3) is 3.32. The SMILES string of the molecule is [C-]#[N+]c1ccc(S(=O)(=O)Cc2ccc3c(ccc(=O)n3CC)c2)cc1. The maximum absolute atomic E-state index is 12.6. The van der Waals surface area contributed by atoms with Crippen molar-refractivity contribution in [2.75, 3.05) is 0 Å². The van der Waals surface area contributed by atoms with Crippen molar-refractivity contribution in [3.05, 3.63) is 81.9 Å². The van der Waals surface area contributed by atoms with Crippen LogP contribution < -0.4 is 5.56 Å². The predicted octanol–water partition coefficient (Wildman–Crippen LogP) is 3.55. The van der Waals surface area contributed by atoms with Gasteiger partial charge in [-0.05, 0) is 36.1 Å². The van der Waals surface area contributed by atoms with E-state index in [9.17, 15) is 13.2 Å². The molecule has 126 valence electrons. The van der Waals surface area contributed by atoms with Crippen molar-refractivity contribution in [2.45, 2.75) is 24.1 Å². The van der Waals surface area contributed by atoms with Crippen LogP contribution in [0.15, 0.2) is 64.3 Å². The number of hydrogen-bond acceptors (Lipinski definition) is 3. The van der Waals surface area contributed by atoms with Crippen LogP contribution in [0.5, 0.6) is 0 Å². The van der Waals surface area contributed by atoms with Gasteiger partial charge in [0.25, 0.3) is 5.56 Å². The molecule has 3 aromatic rings. The number of sulfone groups is 1. The maximum atomic E-state index is 12.6. The summed E-state index contributed by atoms with van der Waals surface area (Å²) in [6.45, 7) is 9.38. The average molecular weight is 352 g/mol. The summed E-state index contributed by atoms with van der Waals surface area (Å²) in [7, 11) is -3.50. The van der Waals surface area contributed by atoms with Crippen LogP contribution in [0, 0.1) is 6.57 Å². The van der Waals surface area contributed by atoms with Crippen LogP contribution in [-0.2, 0) is 22.1 Å². The highest BCUT2D eigenvalue weighted by Gasteiger charge is 2.16. The lowest BCUT2D eigenvalue weighted by atomic mass is 10.1. The van der Waals surface area contributed by atoms with Gasteiger partial charge in [-0.1, -0.05) is 30.3 Å². The van der Waals surface area contributed by atoms with E-state index in [1.54, 1.807) is 28.8 Å². The Bertz CT molecular complexity index is 1140. The summed E-state index contributed by atoms with van der Waals surface area (Å²) in [5, 5.41) is 0.831. The van der Waals surface area contributed by atoms with E-state index in [4.69, 9.17) is 6.57 Å². The van der Waals surface area contributed by atoms with E-state index in [1.165, 1.54) is 30.3 Å². The van der Waals surface area contributed by atoms with Crippen molar-refractivity contribution in [3.8, 4) is 0 Å². The van der Waals surface area contributed by atoms with Gasteiger partial charge in [-0.25, -0.2) is 13.3 Å². The van der Waals surface area contributed by atoms with E-state index in [0.717, 1.165) is 10.9 Å². The standard InChI is InChI=1S/C19H16N2O3S/c1-3-21-18-10-4-14(12-15(18)5-11-19(21)22)13-25(23,24)17-8-6-16(20-2)7-9-17/h4-12H,3,13H2,1H3. The summed E-state index contributed by atoms with van der Waals surface area (Å²) in [5.74, 6) is -0.133. The molecular formula is C19H16N2O3S. The number of aryl methyl sites for hydroxylation is 1. The van der Waals surface area contributed by atoms with Crippen LogP contribution >= 0.6 is 0 Å². The molecule has 0 atom stereocenters. The number of rotatable bonds is 4. The molecule has 3 rings (SSSR count). The molecule has 0 amide bonds. The minimum Gasteiger partial charge on any atom is -0.309 e. The molecule has 2 aromatic carbocycles. The topological polar surface area (TPSA) is 60.5 Å². The Balaban J connectivity index is 1.98. The lowest BCUT2D eigenvalue weighted by Crippen LogP contribution is -2.18. The van der Waals surface area contributed by atoms with Gasteiger partial charge in [0.1, 0.15) is 0 Å². The van der Waals surface area contributed by atoms with E-state index >= 15 is 0 Å². The van der Waals surface area contributed by atoms with Crippen molar-refractivity contribution in [2.24, 2.45) is 0 Å². The minimum absolute atomic E-state index is 0.0738. The fourth-order valence-electron chi connectivity index (χ4n) is 2.80. The molecule has 1 aromatic heterocycles. The molecule has 0 fully saturated rings. The summed E-state index contributed by atoms with van der Waals surface area (Å²) in [4.78, 5) is 15.3. The number of fused-ring (bicyclic) bond motifs is 1. The second-order valence-electron chi connectivity index (χ2n) is 5.67. The van der Waals surface area contributed by atoms with Crippen molar-refractivity contribution in [3.63, 3.8) is 0 Å². The van der Waals surface area contributed by atoms with Gasteiger partial charge in [-0.2, -0.15) is 0 Å². The Hall–Kier alpha value is -2.91. The quantitative estimate of drug-likeness (QED) is 0.675. The monoisotopic (exact) mass is 352 g/mol. The molecule has 5 nitrogen and oxygen atoms in total. The lowest BCUT2D eigenvalue weighted by molar-refractivity contribution is 0.595. The first kappa shape index (κ1) is 16.9. The third-order valence-electron chi connectivity index (χ3n) is 4.05. The van der Waals surface area contributed by atoms with Gasteiger partial charge < -0.3 is 4.57 Å². The zero-order valence-corrected chi connectivity index (χ0v) is 14.5. The lowest BCUT2D eigenvalue weighted by Gasteiger charge is -2.10. The summed E-state index contributed by atoms with van der Waals surface area (Å²) >= 11 is 0. The van der Waals surface area contributed by atoms with Crippen LogP contribution in [0.4, 0.5) is 5.69 Å². The van der Waals surface area contributed by atoms with Crippen molar-refractivity contribution in [1.29, 1.82) is 0 Å². The molecule has 0 aliphatic carbocycles. The Kier molecular flexibility index (Phi) is 4.43. The summed E-state index contributed by atoms with van der Waals surface area (Å²) in [6, 6.07) is 14.4. The predicted molar refractivity (Wildman–Crippen MR) is 97.5 cm³/mol. The molecule has 0 saturated heterocycles. The number of pyridine rings is 1. The van der Waals surface area contributed by atoms with E-state index < -0.39 is 9.84 Å². The first-order chi connectivity index (χ1) is 11.9.